The molecule has 0 radical (unpaired) electrons. The fraction of sp³-hybridized carbons (Fsp3) is 0.618. The van der Waals surface area contributed by atoms with Gasteiger partial charge in [-0.1, -0.05) is 27.7 Å². The van der Waals surface area contributed by atoms with Crippen LogP contribution in [-0.2, 0) is 38.1 Å². The Balaban J connectivity index is 1.35. The van der Waals surface area contributed by atoms with Gasteiger partial charge in [-0.3, -0.25) is 9.59 Å². The summed E-state index contributed by atoms with van der Waals surface area (Å²) < 4.78 is 36.1. The first-order valence-corrected chi connectivity index (χ1v) is 15.4. The molecule has 4 fully saturated rings. The van der Waals surface area contributed by atoms with Crippen LogP contribution in [0.1, 0.15) is 92.7 Å². The van der Waals surface area contributed by atoms with Crippen LogP contribution in [0.2, 0.25) is 0 Å². The summed E-state index contributed by atoms with van der Waals surface area (Å²) in [6.07, 6.45) is -1.10. The largest absolute Gasteiger partial charge is 0.483 e. The van der Waals surface area contributed by atoms with Crippen LogP contribution in [0.15, 0.2) is 33.5 Å². The van der Waals surface area contributed by atoms with Crippen molar-refractivity contribution in [2.75, 3.05) is 0 Å². The molecule has 0 amide bonds. The molecule has 5 aliphatic rings. The van der Waals surface area contributed by atoms with Crippen LogP contribution in [0.5, 0.6) is 5.75 Å². The number of esters is 4. The van der Waals surface area contributed by atoms with Gasteiger partial charge in [-0.2, -0.15) is 0 Å². The number of ether oxygens (including phenoxy) is 5. The first-order chi connectivity index (χ1) is 20.8. The first kappa shape index (κ1) is 29.8. The van der Waals surface area contributed by atoms with Gasteiger partial charge in [0.25, 0.3) is 0 Å². The number of hydrogen-bond donors (Lipinski definition) is 0. The van der Waals surface area contributed by atoms with E-state index in [0.29, 0.717) is 29.5 Å². The summed E-state index contributed by atoms with van der Waals surface area (Å²) in [7, 11) is 0. The molecular weight excluding hydrogens is 584 g/mol. The Bertz CT molecular complexity index is 1780. The summed E-state index contributed by atoms with van der Waals surface area (Å²) in [4.78, 5) is 66.8. The van der Waals surface area contributed by atoms with Crippen molar-refractivity contribution in [1.82, 2.24) is 0 Å². The molecule has 2 saturated heterocycles. The fourth-order valence-electron chi connectivity index (χ4n) is 8.54. The molecule has 11 heteroatoms. The highest BCUT2D eigenvalue weighted by atomic mass is 16.7. The van der Waals surface area contributed by atoms with E-state index in [2.05, 4.69) is 0 Å². The highest BCUT2D eigenvalue weighted by Crippen LogP contribution is 2.67. The van der Waals surface area contributed by atoms with Gasteiger partial charge in [0.15, 0.2) is 12.2 Å². The molecule has 2 aromatic rings. The maximum Gasteiger partial charge on any atom is 0.351 e. The van der Waals surface area contributed by atoms with Crippen LogP contribution in [0.25, 0.3) is 11.0 Å². The van der Waals surface area contributed by atoms with E-state index in [9.17, 15) is 24.0 Å². The van der Waals surface area contributed by atoms with Crippen LogP contribution in [-0.4, -0.2) is 46.8 Å². The monoisotopic (exact) mass is 622 g/mol. The van der Waals surface area contributed by atoms with Crippen LogP contribution >= 0.6 is 0 Å². The molecule has 240 valence electrons. The predicted octanol–water partition coefficient (Wildman–Crippen LogP) is 4.70. The molecule has 7 rings (SSSR count). The summed E-state index contributed by atoms with van der Waals surface area (Å²) in [6.45, 7) is 14.3. The van der Waals surface area contributed by atoms with Gasteiger partial charge in [0.05, 0.1) is 10.8 Å². The molecule has 11 nitrogen and oxygen atoms in total. The Hall–Kier alpha value is -3.89. The van der Waals surface area contributed by atoms with Crippen LogP contribution in [0.4, 0.5) is 0 Å². The highest BCUT2D eigenvalue weighted by molar-refractivity contribution is 5.95. The Labute approximate surface area is 259 Å². The van der Waals surface area contributed by atoms with E-state index in [1.165, 1.54) is 12.1 Å². The van der Waals surface area contributed by atoms with Crippen LogP contribution < -0.4 is 10.4 Å². The van der Waals surface area contributed by atoms with E-state index in [-0.39, 0.29) is 18.4 Å². The minimum Gasteiger partial charge on any atom is -0.483 e. The van der Waals surface area contributed by atoms with E-state index < -0.39 is 80.2 Å². The molecule has 2 aliphatic carbocycles. The predicted molar refractivity (Wildman–Crippen MR) is 156 cm³/mol. The average Bonchev–Trinajstić information content (AvgIpc) is 3.42. The molecule has 3 aliphatic heterocycles. The van der Waals surface area contributed by atoms with Crippen LogP contribution in [0.3, 0.4) is 0 Å². The molecule has 2 saturated carbocycles. The second kappa shape index (κ2) is 8.47. The number of hydrogen-bond acceptors (Lipinski definition) is 11. The smallest absolute Gasteiger partial charge is 0.351 e. The quantitative estimate of drug-likeness (QED) is 0.266. The zero-order chi connectivity index (χ0) is 32.8. The SMILES string of the molecule is CC1(C)Oc2ccc3oc(=O)ccc3c2[C@@H](OC(=O)C23CCC(C)(C(=O)O2)C3(C)C)[C@H]1OC(=O)C12CCC(C)(C(=O)O1)C2(C)C. The number of carbonyl (C=O) groups excluding carboxylic acids is 4. The van der Waals surface area contributed by atoms with Gasteiger partial charge < -0.3 is 28.1 Å². The fourth-order valence-corrected chi connectivity index (χ4v) is 8.54. The van der Waals surface area contributed by atoms with Crippen molar-refractivity contribution in [3.8, 4) is 5.75 Å². The molecule has 0 N–H and O–H groups in total. The summed E-state index contributed by atoms with van der Waals surface area (Å²) in [6, 6.07) is 5.96. The summed E-state index contributed by atoms with van der Waals surface area (Å²) in [5, 5.41) is 0.414. The maximum absolute atomic E-state index is 14.4. The van der Waals surface area contributed by atoms with Gasteiger partial charge in [-0.05, 0) is 71.6 Å². The lowest BCUT2D eigenvalue weighted by Crippen LogP contribution is -2.57. The van der Waals surface area contributed by atoms with Gasteiger partial charge >= 0.3 is 29.5 Å². The number of benzene rings is 1. The molecule has 6 atom stereocenters. The lowest BCUT2D eigenvalue weighted by atomic mass is 9.66. The Morgan fingerprint density at radius 3 is 1.71 bits per heavy atom. The lowest BCUT2D eigenvalue weighted by molar-refractivity contribution is -0.217. The minimum absolute atomic E-state index is 0.214. The Morgan fingerprint density at radius 2 is 1.22 bits per heavy atom. The molecule has 45 heavy (non-hydrogen) atoms. The number of fused-ring (bicyclic) bond motifs is 7. The van der Waals surface area contributed by atoms with Gasteiger partial charge in [0.2, 0.25) is 11.2 Å². The molecule has 1 aromatic heterocycles. The zero-order valence-electron chi connectivity index (χ0n) is 26.8. The van der Waals surface area contributed by atoms with E-state index in [1.54, 1.807) is 39.8 Å². The third-order valence-electron chi connectivity index (χ3n) is 12.7. The molecule has 4 unspecified atom stereocenters. The minimum atomic E-state index is -1.57. The third-order valence-corrected chi connectivity index (χ3v) is 12.7. The summed E-state index contributed by atoms with van der Waals surface area (Å²) >= 11 is 0. The van der Waals surface area contributed by atoms with Crippen molar-refractivity contribution in [3.05, 3.63) is 40.2 Å². The van der Waals surface area contributed by atoms with Crippen LogP contribution in [0, 0.1) is 21.7 Å². The van der Waals surface area contributed by atoms with E-state index in [4.69, 9.17) is 28.1 Å². The first-order valence-electron chi connectivity index (χ1n) is 15.4. The maximum atomic E-state index is 14.4. The Kier molecular flexibility index (Phi) is 5.61. The molecule has 4 heterocycles. The van der Waals surface area contributed by atoms with Crippen molar-refractivity contribution in [3.63, 3.8) is 0 Å². The van der Waals surface area contributed by atoms with Gasteiger partial charge in [0, 0.05) is 27.8 Å². The normalized spacial score (nSPS) is 37.9. The van der Waals surface area contributed by atoms with Crippen molar-refractivity contribution in [2.24, 2.45) is 21.7 Å². The van der Waals surface area contributed by atoms with E-state index >= 15 is 0 Å². The molecule has 1 aromatic carbocycles. The second-order valence-electron chi connectivity index (χ2n) is 15.3. The third kappa shape index (κ3) is 3.29. The standard InChI is InChI=1S/C34H38O11/c1-28(2)23(42-27(39)34-16-14-32(8,25(37)45-34)30(34,5)6)22(21-17-9-12-20(35)40-18(17)10-11-19(21)43-28)41-26(38)33-15-13-31(7,24(36)44-33)29(33,3)4/h9-12,22-23H,13-16H2,1-8H3/t22-,23-,31?,32?,33?,34?/m1/s1. The van der Waals surface area contributed by atoms with Gasteiger partial charge in [-0.15, -0.1) is 0 Å². The number of carbonyl (C=O) groups is 4. The van der Waals surface area contributed by atoms with Gasteiger partial charge in [0.1, 0.15) is 16.9 Å². The Morgan fingerprint density at radius 1 is 0.689 bits per heavy atom. The average molecular weight is 623 g/mol. The zero-order valence-corrected chi connectivity index (χ0v) is 26.8. The molecule has 4 bridgehead atoms. The van der Waals surface area contributed by atoms with Crippen molar-refractivity contribution in [2.45, 2.75) is 110 Å². The highest BCUT2D eigenvalue weighted by Gasteiger charge is 2.78. The summed E-state index contributed by atoms with van der Waals surface area (Å²) in [5.41, 5.74) is -7.94. The van der Waals surface area contributed by atoms with Crippen molar-refractivity contribution >= 4 is 34.8 Å². The van der Waals surface area contributed by atoms with Gasteiger partial charge in [-0.25, -0.2) is 14.4 Å². The van der Waals surface area contributed by atoms with E-state index in [0.717, 1.165) is 0 Å². The molecule has 0 spiro atoms. The second-order valence-corrected chi connectivity index (χ2v) is 15.3. The topological polar surface area (TPSA) is 145 Å². The lowest BCUT2D eigenvalue weighted by Gasteiger charge is -2.46. The van der Waals surface area contributed by atoms with Crippen molar-refractivity contribution < 1.29 is 47.3 Å². The number of rotatable bonds is 4. The summed E-state index contributed by atoms with van der Waals surface area (Å²) in [5.74, 6) is -2.13. The molecular formula is C34H38O11. The van der Waals surface area contributed by atoms with Crippen molar-refractivity contribution in [1.29, 1.82) is 0 Å². The van der Waals surface area contributed by atoms with E-state index in [1.807, 2.05) is 27.7 Å².